The van der Waals surface area contributed by atoms with Crippen molar-refractivity contribution in [1.82, 2.24) is 9.78 Å². The lowest BCUT2D eigenvalue weighted by Gasteiger charge is -2.07. The first-order chi connectivity index (χ1) is 10.9. The van der Waals surface area contributed by atoms with Crippen LogP contribution in [0.5, 0.6) is 0 Å². The third-order valence-corrected chi connectivity index (χ3v) is 3.61. The Kier molecular flexibility index (Phi) is 5.16. The normalized spacial score (nSPS) is 10.6. The van der Waals surface area contributed by atoms with Crippen molar-refractivity contribution < 1.29 is 14.7 Å². The molecule has 1 amide bonds. The second-order valence-corrected chi connectivity index (χ2v) is 5.49. The van der Waals surface area contributed by atoms with Gasteiger partial charge in [0.2, 0.25) is 0 Å². The molecule has 0 aliphatic heterocycles. The topological polar surface area (TPSA) is 84.2 Å². The zero-order valence-corrected chi connectivity index (χ0v) is 13.6. The second-order valence-electron chi connectivity index (χ2n) is 5.49. The summed E-state index contributed by atoms with van der Waals surface area (Å²) in [7, 11) is 0. The van der Waals surface area contributed by atoms with Crippen LogP contribution in [0, 0.1) is 13.8 Å². The molecule has 0 bridgehead atoms. The van der Waals surface area contributed by atoms with Crippen molar-refractivity contribution in [2.45, 2.75) is 40.2 Å². The Morgan fingerprint density at radius 3 is 2.43 bits per heavy atom. The SMILES string of the molecule is CCCn1nc(C)c(C(=O)Nc2ccc(CC(=O)O)cc2)c1C. The van der Waals surface area contributed by atoms with Gasteiger partial charge in [0.15, 0.2) is 0 Å². The Hall–Kier alpha value is -2.63. The minimum atomic E-state index is -0.878. The van der Waals surface area contributed by atoms with E-state index in [1.807, 2.05) is 18.5 Å². The van der Waals surface area contributed by atoms with Gasteiger partial charge in [-0.3, -0.25) is 14.3 Å². The molecule has 2 aromatic rings. The summed E-state index contributed by atoms with van der Waals surface area (Å²) in [6, 6.07) is 6.81. The van der Waals surface area contributed by atoms with E-state index < -0.39 is 5.97 Å². The van der Waals surface area contributed by atoms with Crippen LogP contribution >= 0.6 is 0 Å². The summed E-state index contributed by atoms with van der Waals surface area (Å²) in [5.41, 5.74) is 3.47. The quantitative estimate of drug-likeness (QED) is 0.858. The van der Waals surface area contributed by atoms with Gasteiger partial charge in [0, 0.05) is 17.9 Å². The van der Waals surface area contributed by atoms with Crippen LogP contribution in [0.2, 0.25) is 0 Å². The number of carbonyl (C=O) groups is 2. The van der Waals surface area contributed by atoms with Crippen LogP contribution in [-0.2, 0) is 17.8 Å². The van der Waals surface area contributed by atoms with Crippen molar-refractivity contribution in [2.75, 3.05) is 5.32 Å². The largest absolute Gasteiger partial charge is 0.481 e. The molecule has 0 unspecified atom stereocenters. The van der Waals surface area contributed by atoms with Gasteiger partial charge in [-0.1, -0.05) is 19.1 Å². The number of aromatic nitrogens is 2. The number of carbonyl (C=O) groups excluding carboxylic acids is 1. The van der Waals surface area contributed by atoms with Gasteiger partial charge >= 0.3 is 5.97 Å². The van der Waals surface area contributed by atoms with Crippen LogP contribution in [0.3, 0.4) is 0 Å². The first kappa shape index (κ1) is 16.7. The molecule has 0 spiro atoms. The zero-order valence-electron chi connectivity index (χ0n) is 13.6. The Morgan fingerprint density at radius 1 is 1.22 bits per heavy atom. The van der Waals surface area contributed by atoms with Gasteiger partial charge in [-0.15, -0.1) is 0 Å². The number of aliphatic carboxylic acids is 1. The zero-order chi connectivity index (χ0) is 17.0. The number of hydrogen-bond acceptors (Lipinski definition) is 3. The molecule has 0 aliphatic carbocycles. The van der Waals surface area contributed by atoms with E-state index in [1.165, 1.54) is 0 Å². The summed E-state index contributed by atoms with van der Waals surface area (Å²) in [5, 5.41) is 16.0. The second kappa shape index (κ2) is 7.09. The molecule has 1 heterocycles. The van der Waals surface area contributed by atoms with Crippen molar-refractivity contribution in [2.24, 2.45) is 0 Å². The van der Waals surface area contributed by atoms with Crippen LogP contribution < -0.4 is 5.32 Å². The average molecular weight is 315 g/mol. The van der Waals surface area contributed by atoms with Gasteiger partial charge < -0.3 is 10.4 Å². The van der Waals surface area contributed by atoms with E-state index in [4.69, 9.17) is 5.11 Å². The number of amides is 1. The lowest BCUT2D eigenvalue weighted by atomic mass is 10.1. The predicted octanol–water partition coefficient (Wildman–Crippen LogP) is 2.79. The molecule has 2 rings (SSSR count). The molecule has 1 aromatic heterocycles. The summed E-state index contributed by atoms with van der Waals surface area (Å²) >= 11 is 0. The molecule has 0 atom stereocenters. The summed E-state index contributed by atoms with van der Waals surface area (Å²) in [6.07, 6.45) is 0.921. The van der Waals surface area contributed by atoms with Gasteiger partial charge in [0.25, 0.3) is 5.91 Å². The van der Waals surface area contributed by atoms with Crippen molar-refractivity contribution in [3.63, 3.8) is 0 Å². The van der Waals surface area contributed by atoms with Gasteiger partial charge in [0.05, 0.1) is 17.7 Å². The molecule has 6 nitrogen and oxygen atoms in total. The number of nitrogens with one attached hydrogen (secondary N) is 1. The van der Waals surface area contributed by atoms with Crippen molar-refractivity contribution >= 4 is 17.6 Å². The highest BCUT2D eigenvalue weighted by Gasteiger charge is 2.18. The number of carboxylic acids is 1. The van der Waals surface area contributed by atoms with Gasteiger partial charge in [-0.25, -0.2) is 0 Å². The molecule has 6 heteroatoms. The van der Waals surface area contributed by atoms with E-state index in [2.05, 4.69) is 17.3 Å². The fourth-order valence-corrected chi connectivity index (χ4v) is 2.53. The maximum atomic E-state index is 12.5. The van der Waals surface area contributed by atoms with E-state index in [1.54, 1.807) is 24.3 Å². The Morgan fingerprint density at radius 2 is 1.87 bits per heavy atom. The van der Waals surface area contributed by atoms with Crippen LogP contribution in [-0.4, -0.2) is 26.8 Å². The summed E-state index contributed by atoms with van der Waals surface area (Å²) in [4.78, 5) is 23.1. The van der Waals surface area contributed by atoms with Crippen molar-refractivity contribution in [3.8, 4) is 0 Å². The van der Waals surface area contributed by atoms with E-state index in [9.17, 15) is 9.59 Å². The van der Waals surface area contributed by atoms with Crippen molar-refractivity contribution in [1.29, 1.82) is 0 Å². The number of hydrogen-bond donors (Lipinski definition) is 2. The van der Waals surface area contributed by atoms with Crippen molar-refractivity contribution in [3.05, 3.63) is 46.8 Å². The standard InChI is InChI=1S/C17H21N3O3/c1-4-9-20-12(3)16(11(2)19-20)17(23)18-14-7-5-13(6-8-14)10-15(21)22/h5-8H,4,9-10H2,1-3H3,(H,18,23)(H,21,22). The Labute approximate surface area is 135 Å². The minimum Gasteiger partial charge on any atom is -0.481 e. The van der Waals surface area contributed by atoms with E-state index in [0.717, 1.165) is 18.7 Å². The molecule has 2 N–H and O–H groups in total. The number of nitrogens with zero attached hydrogens (tertiary/aromatic N) is 2. The lowest BCUT2D eigenvalue weighted by Crippen LogP contribution is -2.14. The van der Waals surface area contributed by atoms with Gasteiger partial charge in [-0.2, -0.15) is 5.10 Å². The molecule has 0 radical (unpaired) electrons. The van der Waals surface area contributed by atoms with Crippen LogP contribution in [0.25, 0.3) is 0 Å². The number of carboxylic acid groups (broad SMARTS) is 1. The molecule has 23 heavy (non-hydrogen) atoms. The molecular weight excluding hydrogens is 294 g/mol. The summed E-state index contributed by atoms with van der Waals surface area (Å²) in [5.74, 6) is -1.08. The molecule has 0 fully saturated rings. The van der Waals surface area contributed by atoms with E-state index in [-0.39, 0.29) is 12.3 Å². The van der Waals surface area contributed by atoms with Crippen LogP contribution in [0.15, 0.2) is 24.3 Å². The smallest absolute Gasteiger partial charge is 0.307 e. The highest BCUT2D eigenvalue weighted by molar-refractivity contribution is 6.05. The van der Waals surface area contributed by atoms with Crippen LogP contribution in [0.1, 0.15) is 40.7 Å². The fraction of sp³-hybridized carbons (Fsp3) is 0.353. The first-order valence-corrected chi connectivity index (χ1v) is 7.58. The van der Waals surface area contributed by atoms with E-state index in [0.29, 0.717) is 22.5 Å². The lowest BCUT2D eigenvalue weighted by molar-refractivity contribution is -0.136. The molecule has 122 valence electrons. The maximum absolute atomic E-state index is 12.5. The molecule has 0 saturated heterocycles. The van der Waals surface area contributed by atoms with E-state index >= 15 is 0 Å². The molecular formula is C17H21N3O3. The number of benzene rings is 1. The predicted molar refractivity (Wildman–Crippen MR) is 87.7 cm³/mol. The average Bonchev–Trinajstić information content (AvgIpc) is 2.75. The summed E-state index contributed by atoms with van der Waals surface area (Å²) < 4.78 is 1.85. The number of anilines is 1. The van der Waals surface area contributed by atoms with Gasteiger partial charge in [0.1, 0.15) is 0 Å². The fourth-order valence-electron chi connectivity index (χ4n) is 2.53. The minimum absolute atomic E-state index is 0.0315. The number of rotatable bonds is 6. The molecule has 1 aromatic carbocycles. The highest BCUT2D eigenvalue weighted by Crippen LogP contribution is 2.17. The third kappa shape index (κ3) is 3.97. The molecule has 0 saturated carbocycles. The summed E-state index contributed by atoms with van der Waals surface area (Å²) in [6.45, 7) is 6.56. The Bertz CT molecular complexity index is 717. The van der Waals surface area contributed by atoms with Crippen LogP contribution in [0.4, 0.5) is 5.69 Å². The molecule has 0 aliphatic rings. The highest BCUT2D eigenvalue weighted by atomic mass is 16.4. The third-order valence-electron chi connectivity index (χ3n) is 3.61. The first-order valence-electron chi connectivity index (χ1n) is 7.58. The van der Waals surface area contributed by atoms with Gasteiger partial charge in [-0.05, 0) is 38.0 Å². The Balaban J connectivity index is 2.14. The maximum Gasteiger partial charge on any atom is 0.307 e. The number of aryl methyl sites for hydroxylation is 2. The monoisotopic (exact) mass is 315 g/mol.